The second kappa shape index (κ2) is 3.92. The van der Waals surface area contributed by atoms with Gasteiger partial charge in [0.05, 0.1) is 0 Å². The third-order valence-corrected chi connectivity index (χ3v) is 3.01. The topological polar surface area (TPSA) is 59.0 Å². The van der Waals surface area contributed by atoms with Crippen LogP contribution >= 0.6 is 0 Å². The summed E-state index contributed by atoms with van der Waals surface area (Å²) in [5.41, 5.74) is 0.746. The molecule has 0 radical (unpaired) electrons. The smallest absolute Gasteiger partial charge is 0.255 e. The number of amides is 1. The van der Waals surface area contributed by atoms with E-state index in [9.17, 15) is 9.90 Å². The first kappa shape index (κ1) is 10.4. The Balaban J connectivity index is 1.91. The summed E-state index contributed by atoms with van der Waals surface area (Å²) in [6.45, 7) is 1.61. The van der Waals surface area contributed by atoms with Gasteiger partial charge in [-0.3, -0.25) is 4.79 Å². The van der Waals surface area contributed by atoms with Gasteiger partial charge in [0.25, 0.3) is 5.91 Å². The van der Waals surface area contributed by atoms with Crippen LogP contribution in [0, 0.1) is 0 Å². The number of carbonyl (C=O) groups is 1. The zero-order valence-electron chi connectivity index (χ0n) is 9.26. The highest BCUT2D eigenvalue weighted by Crippen LogP contribution is 2.35. The molecule has 17 heavy (non-hydrogen) atoms. The first-order valence-electron chi connectivity index (χ1n) is 5.65. The number of nitrogens with zero attached hydrogens (tertiary/aromatic N) is 1. The molecular formula is C12H13NO4. The fraction of sp³-hybridized carbons (Fsp3) is 0.417. The van der Waals surface area contributed by atoms with Gasteiger partial charge in [0.2, 0.25) is 0 Å². The van der Waals surface area contributed by atoms with E-state index in [1.54, 1.807) is 17.0 Å². The van der Waals surface area contributed by atoms with E-state index >= 15 is 0 Å². The van der Waals surface area contributed by atoms with Crippen molar-refractivity contribution >= 4 is 11.6 Å². The van der Waals surface area contributed by atoms with E-state index in [2.05, 4.69) is 0 Å². The molecule has 1 saturated heterocycles. The van der Waals surface area contributed by atoms with E-state index < -0.39 is 6.10 Å². The molecule has 0 bridgehead atoms. The van der Waals surface area contributed by atoms with Gasteiger partial charge in [0.1, 0.15) is 19.3 Å². The van der Waals surface area contributed by atoms with E-state index in [1.807, 2.05) is 6.07 Å². The van der Waals surface area contributed by atoms with Crippen LogP contribution in [-0.4, -0.2) is 36.9 Å². The van der Waals surface area contributed by atoms with Crippen LogP contribution in [0.1, 0.15) is 6.42 Å². The van der Waals surface area contributed by atoms with Crippen molar-refractivity contribution in [3.63, 3.8) is 0 Å². The van der Waals surface area contributed by atoms with E-state index in [4.69, 9.17) is 9.47 Å². The highest BCUT2D eigenvalue weighted by molar-refractivity contribution is 5.98. The number of hydrogen-bond acceptors (Lipinski definition) is 4. The monoisotopic (exact) mass is 235 g/mol. The molecule has 1 atom stereocenters. The molecule has 1 fully saturated rings. The number of carbonyl (C=O) groups excluding carboxylic acids is 1. The number of anilines is 1. The van der Waals surface area contributed by atoms with Crippen LogP contribution in [0.5, 0.6) is 11.5 Å². The van der Waals surface area contributed by atoms with Crippen LogP contribution < -0.4 is 14.4 Å². The molecule has 1 amide bonds. The summed E-state index contributed by atoms with van der Waals surface area (Å²) in [5.74, 6) is 1.11. The number of benzene rings is 1. The molecule has 1 unspecified atom stereocenters. The minimum Gasteiger partial charge on any atom is -0.486 e. The lowest BCUT2D eigenvalue weighted by molar-refractivity contribution is -0.123. The number of aliphatic hydroxyl groups is 1. The molecule has 0 aromatic heterocycles. The first-order chi connectivity index (χ1) is 8.25. The molecule has 1 aromatic carbocycles. The first-order valence-corrected chi connectivity index (χ1v) is 5.65. The highest BCUT2D eigenvalue weighted by atomic mass is 16.6. The largest absolute Gasteiger partial charge is 0.486 e. The molecule has 1 aromatic rings. The molecule has 1 N–H and O–H groups in total. The second-order valence-electron chi connectivity index (χ2n) is 4.12. The van der Waals surface area contributed by atoms with Crippen LogP contribution in [0.3, 0.4) is 0 Å². The van der Waals surface area contributed by atoms with E-state index in [-0.39, 0.29) is 5.91 Å². The summed E-state index contributed by atoms with van der Waals surface area (Å²) in [4.78, 5) is 13.3. The van der Waals surface area contributed by atoms with Gasteiger partial charge in [-0.05, 0) is 12.1 Å². The van der Waals surface area contributed by atoms with Crippen LogP contribution in [0.15, 0.2) is 18.2 Å². The minimum atomic E-state index is -0.872. The Bertz CT molecular complexity index is 460. The van der Waals surface area contributed by atoms with Gasteiger partial charge in [-0.2, -0.15) is 0 Å². The van der Waals surface area contributed by atoms with Crippen LogP contribution in [-0.2, 0) is 4.79 Å². The Hall–Kier alpha value is -1.75. The van der Waals surface area contributed by atoms with Crippen LogP contribution in [0.25, 0.3) is 0 Å². The SMILES string of the molecule is O=C1C(O)CCN1c1ccc2c(c1)OCCO2. The Kier molecular flexibility index (Phi) is 2.40. The van der Waals surface area contributed by atoms with E-state index in [0.717, 1.165) is 5.69 Å². The van der Waals surface area contributed by atoms with Crippen molar-refractivity contribution in [2.45, 2.75) is 12.5 Å². The number of fused-ring (bicyclic) bond motifs is 1. The number of ether oxygens (including phenoxy) is 2. The Morgan fingerprint density at radius 2 is 2.00 bits per heavy atom. The lowest BCUT2D eigenvalue weighted by Crippen LogP contribution is -2.29. The molecule has 0 saturated carbocycles. The van der Waals surface area contributed by atoms with Gasteiger partial charge < -0.3 is 19.5 Å². The lowest BCUT2D eigenvalue weighted by atomic mass is 10.2. The van der Waals surface area contributed by atoms with Gasteiger partial charge in [0.15, 0.2) is 11.5 Å². The van der Waals surface area contributed by atoms with Crippen molar-refractivity contribution in [1.82, 2.24) is 0 Å². The van der Waals surface area contributed by atoms with Crippen molar-refractivity contribution < 1.29 is 19.4 Å². The molecule has 0 aliphatic carbocycles. The maximum Gasteiger partial charge on any atom is 0.255 e. The molecule has 2 aliphatic rings. The molecule has 90 valence electrons. The summed E-state index contributed by atoms with van der Waals surface area (Å²) < 4.78 is 10.9. The minimum absolute atomic E-state index is 0.248. The molecule has 0 spiro atoms. The fourth-order valence-corrected chi connectivity index (χ4v) is 2.12. The second-order valence-corrected chi connectivity index (χ2v) is 4.12. The lowest BCUT2D eigenvalue weighted by Gasteiger charge is -2.21. The zero-order chi connectivity index (χ0) is 11.8. The third kappa shape index (κ3) is 1.72. The van der Waals surface area contributed by atoms with Crippen molar-refractivity contribution in [2.75, 3.05) is 24.7 Å². The maximum absolute atomic E-state index is 11.7. The number of aliphatic hydroxyl groups excluding tert-OH is 1. The molecular weight excluding hydrogens is 222 g/mol. The third-order valence-electron chi connectivity index (χ3n) is 3.01. The van der Waals surface area contributed by atoms with Crippen molar-refractivity contribution in [3.8, 4) is 11.5 Å². The summed E-state index contributed by atoms with van der Waals surface area (Å²) >= 11 is 0. The number of rotatable bonds is 1. The maximum atomic E-state index is 11.7. The Labute approximate surface area is 98.6 Å². The molecule has 5 heteroatoms. The van der Waals surface area contributed by atoms with Crippen LogP contribution in [0.2, 0.25) is 0 Å². The fourth-order valence-electron chi connectivity index (χ4n) is 2.12. The number of hydrogen-bond donors (Lipinski definition) is 1. The molecule has 2 aliphatic heterocycles. The predicted molar refractivity (Wildman–Crippen MR) is 60.4 cm³/mol. The summed E-state index contributed by atoms with van der Waals surface area (Å²) in [6.07, 6.45) is -0.393. The molecule has 3 rings (SSSR count). The Morgan fingerprint density at radius 1 is 1.24 bits per heavy atom. The Morgan fingerprint density at radius 3 is 2.71 bits per heavy atom. The van der Waals surface area contributed by atoms with Crippen molar-refractivity contribution in [1.29, 1.82) is 0 Å². The summed E-state index contributed by atoms with van der Waals surface area (Å²) in [5, 5.41) is 9.42. The summed E-state index contributed by atoms with van der Waals surface area (Å²) in [7, 11) is 0. The van der Waals surface area contributed by atoms with Gasteiger partial charge in [0, 0.05) is 24.7 Å². The standard InChI is InChI=1S/C12H13NO4/c14-9-3-4-13(12(9)15)8-1-2-10-11(7-8)17-6-5-16-10/h1-2,7,9,14H,3-6H2. The average Bonchev–Trinajstić information content (AvgIpc) is 2.70. The van der Waals surface area contributed by atoms with Gasteiger partial charge in [-0.1, -0.05) is 0 Å². The predicted octanol–water partition coefficient (Wildman–Crippen LogP) is 0.555. The molecule has 5 nitrogen and oxygen atoms in total. The highest BCUT2D eigenvalue weighted by Gasteiger charge is 2.31. The van der Waals surface area contributed by atoms with Crippen molar-refractivity contribution in [3.05, 3.63) is 18.2 Å². The summed E-state index contributed by atoms with van der Waals surface area (Å²) in [6, 6.07) is 5.38. The van der Waals surface area contributed by atoms with Gasteiger partial charge in [-0.25, -0.2) is 0 Å². The average molecular weight is 235 g/mol. The molecule has 2 heterocycles. The zero-order valence-corrected chi connectivity index (χ0v) is 9.26. The quantitative estimate of drug-likeness (QED) is 0.772. The van der Waals surface area contributed by atoms with E-state index in [1.165, 1.54) is 0 Å². The van der Waals surface area contributed by atoms with Gasteiger partial charge in [-0.15, -0.1) is 0 Å². The van der Waals surface area contributed by atoms with E-state index in [0.29, 0.717) is 37.7 Å². The van der Waals surface area contributed by atoms with Crippen LogP contribution in [0.4, 0.5) is 5.69 Å². The van der Waals surface area contributed by atoms with Crippen molar-refractivity contribution in [2.24, 2.45) is 0 Å². The van der Waals surface area contributed by atoms with Gasteiger partial charge >= 0.3 is 0 Å². The normalized spacial score (nSPS) is 23.0.